The Balaban J connectivity index is 1.61. The Bertz CT molecular complexity index is 1290. The molecule has 1 saturated heterocycles. The van der Waals surface area contributed by atoms with Crippen LogP contribution in [-0.2, 0) is 16.1 Å². The molecule has 2 amide bonds. The number of rotatable bonds is 5. The van der Waals surface area contributed by atoms with Gasteiger partial charge in [0.15, 0.2) is 0 Å². The molecule has 0 unspecified atom stereocenters. The molecule has 0 bridgehead atoms. The topological polar surface area (TPSA) is 68.6 Å². The zero-order valence-electron chi connectivity index (χ0n) is 18.3. The molecule has 1 fully saturated rings. The molecule has 1 aromatic heterocycles. The van der Waals surface area contributed by atoms with Gasteiger partial charge >= 0.3 is 5.97 Å². The van der Waals surface area contributed by atoms with Crippen molar-refractivity contribution < 1.29 is 23.5 Å². The lowest BCUT2D eigenvalue weighted by Gasteiger charge is -2.12. The highest BCUT2D eigenvalue weighted by Crippen LogP contribution is 2.35. The highest BCUT2D eigenvalue weighted by molar-refractivity contribution is 8.18. The van der Waals surface area contributed by atoms with Gasteiger partial charge in [-0.25, -0.2) is 9.18 Å². The lowest BCUT2D eigenvalue weighted by Crippen LogP contribution is -2.27. The number of hydrogen-bond acceptors (Lipinski definition) is 5. The van der Waals surface area contributed by atoms with Crippen molar-refractivity contribution in [3.05, 3.63) is 93.4 Å². The highest BCUT2D eigenvalue weighted by Gasteiger charge is 2.35. The molecular weight excluding hydrogens is 443 g/mol. The summed E-state index contributed by atoms with van der Waals surface area (Å²) >= 11 is 0.844. The lowest BCUT2D eigenvalue weighted by atomic mass is 10.2. The lowest BCUT2D eigenvalue weighted by molar-refractivity contribution is -0.123. The molecule has 0 N–H and O–H groups in total. The van der Waals surface area contributed by atoms with Gasteiger partial charge in [0.05, 0.1) is 24.1 Å². The number of thioether (sulfide) groups is 1. The molecule has 0 spiro atoms. The fraction of sp³-hybridized carbons (Fsp3) is 0.160. The van der Waals surface area contributed by atoms with Crippen molar-refractivity contribution in [3.63, 3.8) is 0 Å². The van der Waals surface area contributed by atoms with Crippen molar-refractivity contribution >= 4 is 35.0 Å². The fourth-order valence-electron chi connectivity index (χ4n) is 3.77. The monoisotopic (exact) mass is 464 g/mol. The van der Waals surface area contributed by atoms with E-state index in [-0.39, 0.29) is 17.0 Å². The zero-order valence-corrected chi connectivity index (χ0v) is 19.1. The Morgan fingerprint density at radius 3 is 2.45 bits per heavy atom. The minimum absolute atomic E-state index is 0.111. The second kappa shape index (κ2) is 9.07. The molecule has 168 valence electrons. The van der Waals surface area contributed by atoms with E-state index in [1.165, 1.54) is 13.2 Å². The largest absolute Gasteiger partial charge is 0.465 e. The molecule has 6 nitrogen and oxygen atoms in total. The van der Waals surface area contributed by atoms with E-state index in [4.69, 9.17) is 4.74 Å². The number of ether oxygens (including phenoxy) is 1. The summed E-state index contributed by atoms with van der Waals surface area (Å²) < 4.78 is 20.7. The minimum atomic E-state index is -0.456. The second-order valence-corrected chi connectivity index (χ2v) is 8.55. The van der Waals surface area contributed by atoms with Gasteiger partial charge in [-0.1, -0.05) is 18.2 Å². The van der Waals surface area contributed by atoms with E-state index in [1.54, 1.807) is 36.4 Å². The fourth-order valence-corrected chi connectivity index (χ4v) is 4.60. The van der Waals surface area contributed by atoms with Crippen LogP contribution in [0.25, 0.3) is 11.8 Å². The normalized spacial score (nSPS) is 14.9. The third kappa shape index (κ3) is 4.34. The maximum Gasteiger partial charge on any atom is 0.337 e. The number of aryl methyl sites for hydroxylation is 1. The van der Waals surface area contributed by atoms with E-state index in [0.717, 1.165) is 39.3 Å². The van der Waals surface area contributed by atoms with E-state index in [0.29, 0.717) is 5.56 Å². The molecule has 0 saturated carbocycles. The smallest absolute Gasteiger partial charge is 0.337 e. The van der Waals surface area contributed by atoms with Crippen LogP contribution in [-0.4, -0.2) is 33.7 Å². The van der Waals surface area contributed by atoms with Crippen LogP contribution < -0.4 is 0 Å². The number of benzene rings is 2. The van der Waals surface area contributed by atoms with E-state index in [2.05, 4.69) is 0 Å². The van der Waals surface area contributed by atoms with Crippen molar-refractivity contribution in [2.75, 3.05) is 7.11 Å². The second-order valence-electron chi connectivity index (χ2n) is 7.56. The molecule has 1 aliphatic rings. The number of halogens is 1. The van der Waals surface area contributed by atoms with Crippen LogP contribution in [0.5, 0.6) is 0 Å². The van der Waals surface area contributed by atoms with Gasteiger partial charge < -0.3 is 9.30 Å². The molecule has 0 radical (unpaired) electrons. The molecule has 3 aromatic rings. The number of imide groups is 1. The minimum Gasteiger partial charge on any atom is -0.465 e. The molecule has 2 heterocycles. The first kappa shape index (κ1) is 22.5. The summed E-state index contributed by atoms with van der Waals surface area (Å²) in [6.45, 7) is 3.74. The van der Waals surface area contributed by atoms with Crippen molar-refractivity contribution in [1.29, 1.82) is 0 Å². The van der Waals surface area contributed by atoms with Crippen molar-refractivity contribution in [1.82, 2.24) is 9.47 Å². The molecule has 2 aromatic carbocycles. The predicted octanol–water partition coefficient (Wildman–Crippen LogP) is 5.26. The summed E-state index contributed by atoms with van der Waals surface area (Å²) in [6.07, 6.45) is 1.69. The van der Waals surface area contributed by atoms with Crippen LogP contribution >= 0.6 is 11.8 Å². The Kier molecular flexibility index (Phi) is 6.20. The summed E-state index contributed by atoms with van der Waals surface area (Å²) in [6, 6.07) is 15.0. The van der Waals surface area contributed by atoms with Gasteiger partial charge in [-0.3, -0.25) is 14.5 Å². The van der Waals surface area contributed by atoms with E-state index >= 15 is 0 Å². The quantitative estimate of drug-likeness (QED) is 0.381. The maximum atomic E-state index is 14.0. The number of nitrogens with zero attached hydrogens (tertiary/aromatic N) is 2. The first-order valence-electron chi connectivity index (χ1n) is 10.2. The average molecular weight is 465 g/mol. The van der Waals surface area contributed by atoms with Gasteiger partial charge in [-0.05, 0) is 73.6 Å². The third-order valence-electron chi connectivity index (χ3n) is 5.46. The number of hydrogen-bond donors (Lipinski definition) is 0. The zero-order chi connectivity index (χ0) is 23.7. The molecule has 8 heteroatoms. The molecule has 1 aliphatic heterocycles. The SMILES string of the molecule is COC(=O)c1ccc(-n2c(C)cc(/C=C3\SC(=O)N(Cc4ccccc4F)C3=O)c2C)cc1. The van der Waals surface area contributed by atoms with Crippen LogP contribution in [0.3, 0.4) is 0 Å². The van der Waals surface area contributed by atoms with Gasteiger partial charge in [-0.15, -0.1) is 0 Å². The summed E-state index contributed by atoms with van der Waals surface area (Å²) in [5, 5.41) is -0.429. The van der Waals surface area contributed by atoms with Gasteiger partial charge in [-0.2, -0.15) is 0 Å². The molecule has 0 atom stereocenters. The average Bonchev–Trinajstić information content (AvgIpc) is 3.23. The molecule has 0 aliphatic carbocycles. The Morgan fingerprint density at radius 2 is 1.79 bits per heavy atom. The maximum absolute atomic E-state index is 14.0. The van der Waals surface area contributed by atoms with E-state index in [9.17, 15) is 18.8 Å². The van der Waals surface area contributed by atoms with Gasteiger partial charge in [0.25, 0.3) is 11.1 Å². The third-order valence-corrected chi connectivity index (χ3v) is 6.37. The van der Waals surface area contributed by atoms with E-state index < -0.39 is 22.9 Å². The van der Waals surface area contributed by atoms with Crippen molar-refractivity contribution in [2.24, 2.45) is 0 Å². The van der Waals surface area contributed by atoms with Crippen LogP contribution in [0.15, 0.2) is 59.5 Å². The summed E-state index contributed by atoms with van der Waals surface area (Å²) in [7, 11) is 1.33. The van der Waals surface area contributed by atoms with Gasteiger partial charge in [0.1, 0.15) is 5.82 Å². The first-order valence-corrected chi connectivity index (χ1v) is 11.0. The number of carbonyl (C=O) groups is 3. The van der Waals surface area contributed by atoms with Crippen LogP contribution in [0, 0.1) is 19.7 Å². The number of aromatic nitrogens is 1. The first-order chi connectivity index (χ1) is 15.8. The van der Waals surface area contributed by atoms with Gasteiger partial charge in [0.2, 0.25) is 0 Å². The molecule has 33 heavy (non-hydrogen) atoms. The highest BCUT2D eigenvalue weighted by atomic mass is 32.2. The van der Waals surface area contributed by atoms with Crippen LogP contribution in [0.4, 0.5) is 9.18 Å². The standard InChI is InChI=1S/C25H21FN2O4S/c1-15-12-19(16(2)28(15)20-10-8-17(9-11-20)24(30)32-3)13-22-23(29)27(25(31)33-22)14-18-6-4-5-7-21(18)26/h4-13H,14H2,1-3H3/b22-13-. The number of carbonyl (C=O) groups excluding carboxylic acids is 3. The van der Waals surface area contributed by atoms with Crippen molar-refractivity contribution in [2.45, 2.75) is 20.4 Å². The predicted molar refractivity (Wildman–Crippen MR) is 124 cm³/mol. The molecular formula is C25H21FN2O4S. The van der Waals surface area contributed by atoms with Gasteiger partial charge in [0, 0.05) is 22.6 Å². The van der Waals surface area contributed by atoms with E-state index in [1.807, 2.05) is 36.6 Å². The van der Waals surface area contributed by atoms with Crippen LogP contribution in [0.2, 0.25) is 0 Å². The molecule has 4 rings (SSSR count). The Morgan fingerprint density at radius 1 is 1.09 bits per heavy atom. The number of esters is 1. The van der Waals surface area contributed by atoms with Crippen LogP contribution in [0.1, 0.15) is 32.9 Å². The summed E-state index contributed by atoms with van der Waals surface area (Å²) in [5.74, 6) is -1.31. The summed E-state index contributed by atoms with van der Waals surface area (Å²) in [5.41, 5.74) is 4.18. The number of amides is 2. The Hall–Kier alpha value is -3.65. The Labute approximate surface area is 194 Å². The van der Waals surface area contributed by atoms with Crippen molar-refractivity contribution in [3.8, 4) is 5.69 Å². The summed E-state index contributed by atoms with van der Waals surface area (Å²) in [4.78, 5) is 38.4. The number of methoxy groups -OCH3 is 1.